The lowest BCUT2D eigenvalue weighted by molar-refractivity contribution is -0.117. The second-order valence-electron chi connectivity index (χ2n) is 4.52. The number of rotatable bonds is 5. The van der Waals surface area contributed by atoms with E-state index in [2.05, 4.69) is 20.4 Å². The minimum Gasteiger partial charge on any atom is -0.478 e. The van der Waals surface area contributed by atoms with Crippen LogP contribution in [0.1, 0.15) is 10.4 Å². The van der Waals surface area contributed by atoms with Crippen LogP contribution in [0.5, 0.6) is 0 Å². The molecule has 0 spiro atoms. The predicted octanol–water partition coefficient (Wildman–Crippen LogP) is 1.27. The average Bonchev–Trinajstić information content (AvgIpc) is 3.18. The minimum atomic E-state index is -1.11. The molecule has 0 unspecified atom stereocenters. The number of hydrogen-bond acceptors (Lipinski definition) is 6. The maximum atomic E-state index is 11.9. The molecular weight excluding hydrogens is 302 g/mol. The van der Waals surface area contributed by atoms with Crippen molar-refractivity contribution in [3.63, 3.8) is 0 Å². The maximum Gasteiger partial charge on any atom is 0.338 e. The van der Waals surface area contributed by atoms with Gasteiger partial charge in [0.05, 0.1) is 18.0 Å². The maximum absolute atomic E-state index is 11.9. The van der Waals surface area contributed by atoms with Gasteiger partial charge in [-0.3, -0.25) is 14.8 Å². The highest BCUT2D eigenvalue weighted by Crippen LogP contribution is 2.17. The summed E-state index contributed by atoms with van der Waals surface area (Å²) in [5.74, 6) is -0.858. The molecule has 0 saturated heterocycles. The number of furan rings is 1. The molecule has 0 saturated carbocycles. The molecule has 9 nitrogen and oxygen atoms in total. The normalized spacial score (nSPS) is 10.4. The van der Waals surface area contributed by atoms with Crippen LogP contribution >= 0.6 is 0 Å². The van der Waals surface area contributed by atoms with Gasteiger partial charge in [0.15, 0.2) is 5.76 Å². The molecule has 0 aliphatic carbocycles. The zero-order chi connectivity index (χ0) is 16.2. The Morgan fingerprint density at radius 2 is 2.22 bits per heavy atom. The Hall–Kier alpha value is -3.49. The highest BCUT2D eigenvalue weighted by atomic mass is 16.4. The molecular formula is C14H11N5O4. The van der Waals surface area contributed by atoms with E-state index < -0.39 is 11.9 Å². The van der Waals surface area contributed by atoms with Crippen LogP contribution in [0.3, 0.4) is 0 Å². The summed E-state index contributed by atoms with van der Waals surface area (Å²) in [5, 5.41) is 15.1. The van der Waals surface area contributed by atoms with Gasteiger partial charge in [-0.25, -0.2) is 14.8 Å². The van der Waals surface area contributed by atoms with Crippen molar-refractivity contribution in [1.29, 1.82) is 0 Å². The van der Waals surface area contributed by atoms with Crippen molar-refractivity contribution in [2.24, 2.45) is 0 Å². The van der Waals surface area contributed by atoms with Crippen LogP contribution in [0.2, 0.25) is 0 Å². The number of carboxylic acids is 1. The van der Waals surface area contributed by atoms with Crippen molar-refractivity contribution in [1.82, 2.24) is 19.7 Å². The molecule has 0 radical (unpaired) electrons. The summed E-state index contributed by atoms with van der Waals surface area (Å²) in [6, 6.07) is 5.12. The lowest BCUT2D eigenvalue weighted by Gasteiger charge is -2.04. The lowest BCUT2D eigenvalue weighted by Crippen LogP contribution is -2.20. The van der Waals surface area contributed by atoms with Crippen LogP contribution in [0.15, 0.2) is 47.5 Å². The summed E-state index contributed by atoms with van der Waals surface area (Å²) >= 11 is 0. The van der Waals surface area contributed by atoms with E-state index >= 15 is 0 Å². The van der Waals surface area contributed by atoms with E-state index in [9.17, 15) is 9.59 Å². The average molecular weight is 313 g/mol. The highest BCUT2D eigenvalue weighted by Gasteiger charge is 2.11. The third-order valence-corrected chi connectivity index (χ3v) is 2.87. The molecule has 116 valence electrons. The minimum absolute atomic E-state index is 0.00821. The number of carbonyl (C=O) groups excluding carboxylic acids is 1. The van der Waals surface area contributed by atoms with Gasteiger partial charge in [-0.05, 0) is 18.2 Å². The Kier molecular flexibility index (Phi) is 3.83. The number of anilines is 1. The molecule has 3 heterocycles. The molecule has 0 fully saturated rings. The fourth-order valence-electron chi connectivity index (χ4n) is 1.85. The van der Waals surface area contributed by atoms with E-state index in [1.165, 1.54) is 29.5 Å². The molecule has 1 amide bonds. The molecule has 9 heteroatoms. The molecule has 3 aromatic heterocycles. The smallest absolute Gasteiger partial charge is 0.338 e. The second-order valence-corrected chi connectivity index (χ2v) is 4.52. The standard InChI is InChI=1S/C14H11N5O4/c20-12(8-19-7-9(6-16-19)13(21)22)18-14-15-4-3-10(17-14)11-2-1-5-23-11/h1-7H,8H2,(H,21,22)(H,15,17,18,20). The van der Waals surface area contributed by atoms with E-state index in [-0.39, 0.29) is 18.1 Å². The largest absolute Gasteiger partial charge is 0.478 e. The fourth-order valence-corrected chi connectivity index (χ4v) is 1.85. The number of amides is 1. The number of carbonyl (C=O) groups is 2. The molecule has 23 heavy (non-hydrogen) atoms. The highest BCUT2D eigenvalue weighted by molar-refractivity contribution is 5.89. The number of hydrogen-bond donors (Lipinski definition) is 2. The third-order valence-electron chi connectivity index (χ3n) is 2.87. The second kappa shape index (κ2) is 6.10. The van der Waals surface area contributed by atoms with Crippen molar-refractivity contribution in [2.75, 3.05) is 5.32 Å². The summed E-state index contributed by atoms with van der Waals surface area (Å²) in [4.78, 5) is 30.8. The topological polar surface area (TPSA) is 123 Å². The number of nitrogens with one attached hydrogen (secondary N) is 1. The Bertz CT molecular complexity index is 840. The molecule has 0 aliphatic heterocycles. The first kappa shape index (κ1) is 14.4. The zero-order valence-electron chi connectivity index (χ0n) is 11.7. The molecule has 3 aromatic rings. The first-order valence-corrected chi connectivity index (χ1v) is 6.54. The van der Waals surface area contributed by atoms with Gasteiger partial charge in [0, 0.05) is 12.4 Å². The number of aromatic carboxylic acids is 1. The van der Waals surface area contributed by atoms with Crippen molar-refractivity contribution >= 4 is 17.8 Å². The SMILES string of the molecule is O=C(Cn1cc(C(=O)O)cn1)Nc1nccc(-c2ccco2)n1. The fraction of sp³-hybridized carbons (Fsp3) is 0.0714. The number of aromatic nitrogens is 4. The summed E-state index contributed by atoms with van der Waals surface area (Å²) in [6.07, 6.45) is 5.45. The van der Waals surface area contributed by atoms with Crippen molar-refractivity contribution in [2.45, 2.75) is 6.54 Å². The number of carboxylic acid groups (broad SMARTS) is 1. The zero-order valence-corrected chi connectivity index (χ0v) is 11.7. The van der Waals surface area contributed by atoms with Crippen LogP contribution < -0.4 is 5.32 Å². The quantitative estimate of drug-likeness (QED) is 0.727. The molecule has 0 bridgehead atoms. The summed E-state index contributed by atoms with van der Waals surface area (Å²) in [5.41, 5.74) is 0.543. The Balaban J connectivity index is 1.68. The van der Waals surface area contributed by atoms with Gasteiger partial charge in [0.2, 0.25) is 11.9 Å². The van der Waals surface area contributed by atoms with Gasteiger partial charge >= 0.3 is 5.97 Å². The molecule has 0 aliphatic rings. The Morgan fingerprint density at radius 1 is 1.35 bits per heavy atom. The van der Waals surface area contributed by atoms with Crippen LogP contribution in [-0.4, -0.2) is 36.7 Å². The van der Waals surface area contributed by atoms with E-state index in [0.29, 0.717) is 11.5 Å². The summed E-state index contributed by atoms with van der Waals surface area (Å²) in [7, 11) is 0. The van der Waals surface area contributed by atoms with Gasteiger partial charge in [-0.15, -0.1) is 0 Å². The van der Waals surface area contributed by atoms with E-state index in [1.807, 2.05) is 0 Å². The van der Waals surface area contributed by atoms with Crippen LogP contribution in [0.25, 0.3) is 11.5 Å². The van der Waals surface area contributed by atoms with Gasteiger partial charge < -0.3 is 9.52 Å². The Labute approximate surface area is 129 Å². The monoisotopic (exact) mass is 313 g/mol. The predicted molar refractivity (Wildman–Crippen MR) is 77.6 cm³/mol. The lowest BCUT2D eigenvalue weighted by atomic mass is 10.3. The van der Waals surface area contributed by atoms with E-state index in [4.69, 9.17) is 9.52 Å². The third kappa shape index (κ3) is 3.40. The van der Waals surface area contributed by atoms with Gasteiger partial charge in [0.25, 0.3) is 0 Å². The molecule has 2 N–H and O–H groups in total. The van der Waals surface area contributed by atoms with Crippen LogP contribution in [0, 0.1) is 0 Å². The van der Waals surface area contributed by atoms with Gasteiger partial charge in [-0.2, -0.15) is 5.10 Å². The van der Waals surface area contributed by atoms with Crippen LogP contribution in [0.4, 0.5) is 5.95 Å². The van der Waals surface area contributed by atoms with Gasteiger partial charge in [0.1, 0.15) is 12.2 Å². The first-order valence-electron chi connectivity index (χ1n) is 6.54. The first-order chi connectivity index (χ1) is 11.1. The Morgan fingerprint density at radius 3 is 2.91 bits per heavy atom. The molecule has 0 aromatic carbocycles. The van der Waals surface area contributed by atoms with Crippen molar-refractivity contribution in [3.05, 3.63) is 48.6 Å². The molecule has 3 rings (SSSR count). The number of nitrogens with zero attached hydrogens (tertiary/aromatic N) is 4. The van der Waals surface area contributed by atoms with E-state index in [1.54, 1.807) is 18.2 Å². The van der Waals surface area contributed by atoms with Crippen molar-refractivity contribution in [3.8, 4) is 11.5 Å². The van der Waals surface area contributed by atoms with Crippen molar-refractivity contribution < 1.29 is 19.1 Å². The summed E-state index contributed by atoms with van der Waals surface area (Å²) in [6.45, 7) is -0.151. The molecule has 0 atom stereocenters. The summed E-state index contributed by atoms with van der Waals surface area (Å²) < 4.78 is 6.45. The van der Waals surface area contributed by atoms with E-state index in [0.717, 1.165) is 0 Å². The van der Waals surface area contributed by atoms with Gasteiger partial charge in [-0.1, -0.05) is 0 Å². The van der Waals surface area contributed by atoms with Crippen LogP contribution in [-0.2, 0) is 11.3 Å².